The molecule has 0 saturated heterocycles. The molecule has 0 spiro atoms. The molecule has 4 aliphatic rings. The predicted octanol–water partition coefficient (Wildman–Crippen LogP) is 5.90. The summed E-state index contributed by atoms with van der Waals surface area (Å²) in [6, 6.07) is 5.41. The summed E-state index contributed by atoms with van der Waals surface area (Å²) in [6.07, 6.45) is 4.80. The zero-order chi connectivity index (χ0) is 24.5. The van der Waals surface area contributed by atoms with Crippen LogP contribution in [-0.2, 0) is 15.8 Å². The van der Waals surface area contributed by atoms with Crippen molar-refractivity contribution in [1.82, 2.24) is 4.90 Å². The molecule has 2 amide bonds. The van der Waals surface area contributed by atoms with Gasteiger partial charge in [0.1, 0.15) is 0 Å². The number of alkyl halides is 3. The lowest BCUT2D eigenvalue weighted by Gasteiger charge is -2.60. The first-order valence-corrected chi connectivity index (χ1v) is 12.4. The fourth-order valence-corrected chi connectivity index (χ4v) is 8.23. The number of likely N-dealkylation sites (N-methyl/N-ethyl adjacent to an activating group) is 1. The van der Waals surface area contributed by atoms with E-state index in [-0.39, 0.29) is 40.3 Å². The summed E-state index contributed by atoms with van der Waals surface area (Å²) in [7, 11) is 1.90. The van der Waals surface area contributed by atoms with E-state index in [1.54, 1.807) is 6.08 Å². The number of anilines is 1. The highest BCUT2D eigenvalue weighted by atomic mass is 19.4. The fraction of sp³-hybridized carbons (Fsp3) is 0.630. The van der Waals surface area contributed by atoms with Gasteiger partial charge in [-0.15, -0.1) is 0 Å². The summed E-state index contributed by atoms with van der Waals surface area (Å²) < 4.78 is 40.3. The summed E-state index contributed by atoms with van der Waals surface area (Å²) in [5.74, 6) is 0.766. The molecule has 0 radical (unpaired) electrons. The second-order valence-electron chi connectivity index (χ2n) is 11.3. The van der Waals surface area contributed by atoms with Crippen molar-refractivity contribution in [1.29, 1.82) is 0 Å². The van der Waals surface area contributed by atoms with E-state index in [0.717, 1.165) is 38.2 Å². The molecule has 1 aromatic rings. The Bertz CT molecular complexity index is 1040. The van der Waals surface area contributed by atoms with Crippen LogP contribution in [0, 0.1) is 34.5 Å². The lowest BCUT2D eigenvalue weighted by atomic mass is 9.47. The summed E-state index contributed by atoms with van der Waals surface area (Å²) in [4.78, 5) is 27.5. The van der Waals surface area contributed by atoms with Gasteiger partial charge >= 0.3 is 6.18 Å². The average molecular weight is 475 g/mol. The van der Waals surface area contributed by atoms with E-state index in [0.29, 0.717) is 24.2 Å². The number of amides is 2. The highest BCUT2D eigenvalue weighted by molar-refractivity contribution is 5.94. The third-order valence-corrected chi connectivity index (χ3v) is 9.93. The summed E-state index contributed by atoms with van der Waals surface area (Å²) in [5, 5.41) is 2.64. The molecule has 3 saturated carbocycles. The molecule has 1 unspecified atom stereocenters. The fourth-order valence-electron chi connectivity index (χ4n) is 8.23. The van der Waals surface area contributed by atoms with Crippen molar-refractivity contribution in [2.24, 2.45) is 34.5 Å². The smallest absolute Gasteiger partial charge is 0.338 e. The molecule has 7 atom stereocenters. The van der Waals surface area contributed by atoms with Gasteiger partial charge in [0.15, 0.2) is 0 Å². The second-order valence-corrected chi connectivity index (χ2v) is 11.3. The van der Waals surface area contributed by atoms with Crippen LogP contribution in [0.15, 0.2) is 36.4 Å². The zero-order valence-electron chi connectivity index (χ0n) is 20.0. The molecule has 184 valence electrons. The van der Waals surface area contributed by atoms with E-state index in [2.05, 4.69) is 25.2 Å². The summed E-state index contributed by atoms with van der Waals surface area (Å²) in [6.45, 7) is 4.46. The summed E-state index contributed by atoms with van der Waals surface area (Å²) in [5.41, 5.74) is -1.25. The molecule has 1 N–H and O–H groups in total. The third-order valence-electron chi connectivity index (χ3n) is 9.93. The molecule has 7 heteroatoms. The Morgan fingerprint density at radius 2 is 1.79 bits per heavy atom. The van der Waals surface area contributed by atoms with Crippen LogP contribution in [0.2, 0.25) is 0 Å². The number of benzene rings is 1. The van der Waals surface area contributed by atoms with Gasteiger partial charge in [0.05, 0.1) is 11.3 Å². The molecule has 4 nitrogen and oxygen atoms in total. The number of nitrogens with zero attached hydrogens (tertiary/aromatic N) is 1. The van der Waals surface area contributed by atoms with Crippen LogP contribution in [0.4, 0.5) is 18.9 Å². The van der Waals surface area contributed by atoms with Gasteiger partial charge < -0.3 is 10.2 Å². The number of rotatable bonds is 2. The highest BCUT2D eigenvalue weighted by Crippen LogP contribution is 2.65. The molecule has 3 aliphatic carbocycles. The van der Waals surface area contributed by atoms with E-state index in [1.807, 2.05) is 11.9 Å². The second kappa shape index (κ2) is 7.85. The van der Waals surface area contributed by atoms with Gasteiger partial charge in [-0.05, 0) is 79.9 Å². The number of carbonyl (C=O) groups is 2. The monoisotopic (exact) mass is 474 g/mol. The largest absolute Gasteiger partial charge is 0.418 e. The van der Waals surface area contributed by atoms with Crippen molar-refractivity contribution in [3.63, 3.8) is 0 Å². The first kappa shape index (κ1) is 23.4. The Morgan fingerprint density at radius 3 is 2.53 bits per heavy atom. The van der Waals surface area contributed by atoms with Gasteiger partial charge in [0.25, 0.3) is 0 Å². The lowest BCUT2D eigenvalue weighted by Crippen LogP contribution is -2.59. The maximum Gasteiger partial charge on any atom is 0.418 e. The van der Waals surface area contributed by atoms with E-state index >= 15 is 0 Å². The first-order valence-electron chi connectivity index (χ1n) is 12.4. The lowest BCUT2D eigenvalue weighted by molar-refractivity contribution is -0.141. The summed E-state index contributed by atoms with van der Waals surface area (Å²) >= 11 is 0. The van der Waals surface area contributed by atoms with Gasteiger partial charge in [-0.1, -0.05) is 32.1 Å². The Balaban J connectivity index is 1.38. The molecule has 1 heterocycles. The molecular formula is C27H33F3N2O2. The van der Waals surface area contributed by atoms with Gasteiger partial charge in [0.2, 0.25) is 11.8 Å². The molecule has 3 fully saturated rings. The van der Waals surface area contributed by atoms with Crippen LogP contribution >= 0.6 is 0 Å². The molecule has 34 heavy (non-hydrogen) atoms. The van der Waals surface area contributed by atoms with Crippen molar-refractivity contribution in [3.05, 3.63) is 42.0 Å². The van der Waals surface area contributed by atoms with Gasteiger partial charge in [-0.2, -0.15) is 13.2 Å². The minimum atomic E-state index is -4.51. The minimum absolute atomic E-state index is 0.0679. The number of hydrogen-bond acceptors (Lipinski definition) is 2. The molecule has 5 rings (SSSR count). The number of carbonyl (C=O) groups excluding carboxylic acids is 2. The molecule has 0 bridgehead atoms. The molecular weight excluding hydrogens is 441 g/mol. The Labute approximate surface area is 199 Å². The van der Waals surface area contributed by atoms with Crippen molar-refractivity contribution in [2.75, 3.05) is 12.4 Å². The maximum atomic E-state index is 13.4. The number of halogens is 3. The number of hydrogen-bond donors (Lipinski definition) is 1. The standard InChI is InChI=1S/C27H33F3N2O2/c1-25-14-12-18-16(8-11-22-26(18,2)15-13-23(33)32(22)3)17(25)9-10-20(25)24(34)31-21-7-5-4-6-19(21)27(28,29)30/h4-7,13,15-18,20,22H,8-12,14H2,1-3H3,(H,31,34)/t16-,17-,18-,20?,22+,25-,26+/m0/s1. The number of fused-ring (bicyclic) bond motifs is 5. The topological polar surface area (TPSA) is 49.4 Å². The molecule has 0 aromatic heterocycles. The van der Waals surface area contributed by atoms with Gasteiger partial charge in [-0.3, -0.25) is 9.59 Å². The quantitative estimate of drug-likeness (QED) is 0.580. The molecule has 1 aromatic carbocycles. The van der Waals surface area contributed by atoms with E-state index in [4.69, 9.17) is 0 Å². The normalized spacial score (nSPS) is 39.3. The van der Waals surface area contributed by atoms with Crippen LogP contribution in [-0.4, -0.2) is 29.8 Å². The van der Waals surface area contributed by atoms with Crippen LogP contribution in [0.25, 0.3) is 0 Å². The Kier molecular flexibility index (Phi) is 5.41. The predicted molar refractivity (Wildman–Crippen MR) is 124 cm³/mol. The van der Waals surface area contributed by atoms with E-state index < -0.39 is 11.7 Å². The molecule has 1 aliphatic heterocycles. The number of nitrogens with one attached hydrogen (secondary N) is 1. The zero-order valence-corrected chi connectivity index (χ0v) is 20.0. The average Bonchev–Trinajstić information content (AvgIpc) is 3.13. The Hall–Kier alpha value is -2.31. The van der Waals surface area contributed by atoms with Gasteiger partial charge in [0, 0.05) is 24.4 Å². The third kappa shape index (κ3) is 3.41. The van der Waals surface area contributed by atoms with Gasteiger partial charge in [-0.25, -0.2) is 0 Å². The minimum Gasteiger partial charge on any atom is -0.338 e. The van der Waals surface area contributed by atoms with Crippen LogP contribution in [0.5, 0.6) is 0 Å². The van der Waals surface area contributed by atoms with Crippen molar-refractivity contribution in [2.45, 2.75) is 64.6 Å². The maximum absolute atomic E-state index is 13.4. The van der Waals surface area contributed by atoms with Crippen molar-refractivity contribution >= 4 is 17.5 Å². The van der Waals surface area contributed by atoms with Crippen LogP contribution in [0.1, 0.15) is 57.9 Å². The number of para-hydroxylation sites is 1. The first-order chi connectivity index (χ1) is 16.0. The van der Waals surface area contributed by atoms with Crippen LogP contribution in [0.3, 0.4) is 0 Å². The Morgan fingerprint density at radius 1 is 1.06 bits per heavy atom. The van der Waals surface area contributed by atoms with Crippen LogP contribution < -0.4 is 5.32 Å². The van der Waals surface area contributed by atoms with Crippen molar-refractivity contribution in [3.8, 4) is 0 Å². The highest BCUT2D eigenvalue weighted by Gasteiger charge is 2.61. The van der Waals surface area contributed by atoms with E-state index in [9.17, 15) is 22.8 Å². The SMILES string of the molecule is CN1C(=O)C=C[C@]2(C)[C@H]3CC[C@]4(C)C(C(=O)Nc5ccccc5C(F)(F)F)CC[C@H]4[C@@H]3CC[C@@H]12. The van der Waals surface area contributed by atoms with E-state index in [1.165, 1.54) is 18.2 Å². The van der Waals surface area contributed by atoms with Crippen molar-refractivity contribution < 1.29 is 22.8 Å².